The van der Waals surface area contributed by atoms with Crippen LogP contribution in [0.2, 0.25) is 0 Å². The van der Waals surface area contributed by atoms with Crippen molar-refractivity contribution in [3.05, 3.63) is 36.7 Å². The molecule has 2 N–H and O–H groups in total. The molecular formula is C17H22N4O. The summed E-state index contributed by atoms with van der Waals surface area (Å²) in [5, 5.41) is 7.02. The van der Waals surface area contributed by atoms with E-state index in [0.29, 0.717) is 12.1 Å². The molecule has 22 heavy (non-hydrogen) atoms. The van der Waals surface area contributed by atoms with E-state index in [1.165, 1.54) is 6.42 Å². The Morgan fingerprint density at radius 2 is 2.00 bits per heavy atom. The summed E-state index contributed by atoms with van der Waals surface area (Å²) in [6.45, 7) is 4.30. The van der Waals surface area contributed by atoms with Gasteiger partial charge in [0, 0.05) is 35.2 Å². The number of nitrogens with zero attached hydrogens (tertiary/aromatic N) is 2. The summed E-state index contributed by atoms with van der Waals surface area (Å²) in [6.07, 6.45) is 6.99. The molecule has 1 saturated heterocycles. The standard InChI is InChI=1S/C17H22N4O/c1-12-5-3-6-13(2)21(12)20-17(22)19-16-8-4-7-14-11-18-10-9-15(14)16/h4,7-13H,3,5-6H2,1-2H3,(H2,19,20,22)/t12-,13-/m0/s1. The number of fused-ring (bicyclic) bond motifs is 1. The zero-order valence-corrected chi connectivity index (χ0v) is 13.0. The second kappa shape index (κ2) is 6.32. The van der Waals surface area contributed by atoms with Gasteiger partial charge in [0.1, 0.15) is 0 Å². The SMILES string of the molecule is C[C@H]1CCC[C@H](C)N1NC(=O)Nc1cccc2cnccc12. The summed E-state index contributed by atoms with van der Waals surface area (Å²) in [4.78, 5) is 16.4. The average molecular weight is 298 g/mol. The van der Waals surface area contributed by atoms with Gasteiger partial charge in [-0.3, -0.25) is 10.4 Å². The fraction of sp³-hybridized carbons (Fsp3) is 0.412. The summed E-state index contributed by atoms with van der Waals surface area (Å²) < 4.78 is 0. The summed E-state index contributed by atoms with van der Waals surface area (Å²) in [7, 11) is 0. The van der Waals surface area contributed by atoms with Crippen LogP contribution in [0, 0.1) is 0 Å². The molecule has 0 saturated carbocycles. The van der Waals surface area contributed by atoms with Crippen molar-refractivity contribution in [3.8, 4) is 0 Å². The van der Waals surface area contributed by atoms with Gasteiger partial charge in [-0.25, -0.2) is 9.80 Å². The topological polar surface area (TPSA) is 57.3 Å². The summed E-state index contributed by atoms with van der Waals surface area (Å²) in [6, 6.07) is 8.27. The molecule has 2 atom stereocenters. The minimum absolute atomic E-state index is 0.190. The molecule has 3 rings (SSSR count). The third-order valence-corrected chi connectivity index (χ3v) is 4.35. The number of rotatable bonds is 2. The molecule has 2 amide bonds. The number of carbonyl (C=O) groups excluding carboxylic acids is 1. The number of hydrazine groups is 1. The lowest BCUT2D eigenvalue weighted by atomic mass is 10.00. The normalized spacial score (nSPS) is 22.5. The molecule has 5 heteroatoms. The Morgan fingerprint density at radius 3 is 2.77 bits per heavy atom. The monoisotopic (exact) mass is 298 g/mol. The van der Waals surface area contributed by atoms with Crippen molar-refractivity contribution in [1.29, 1.82) is 0 Å². The number of amides is 2. The van der Waals surface area contributed by atoms with Crippen LogP contribution in [0.1, 0.15) is 33.1 Å². The molecule has 0 bridgehead atoms. The van der Waals surface area contributed by atoms with Crippen molar-refractivity contribution < 1.29 is 4.79 Å². The maximum absolute atomic E-state index is 12.3. The van der Waals surface area contributed by atoms with Crippen LogP contribution in [0.25, 0.3) is 10.8 Å². The van der Waals surface area contributed by atoms with Crippen molar-refractivity contribution >= 4 is 22.5 Å². The van der Waals surface area contributed by atoms with E-state index in [0.717, 1.165) is 29.3 Å². The summed E-state index contributed by atoms with van der Waals surface area (Å²) in [5.74, 6) is 0. The van der Waals surface area contributed by atoms with Gasteiger partial charge in [-0.2, -0.15) is 0 Å². The van der Waals surface area contributed by atoms with Crippen LogP contribution in [-0.4, -0.2) is 28.1 Å². The molecule has 0 aliphatic carbocycles. The highest BCUT2D eigenvalue weighted by Crippen LogP contribution is 2.23. The maximum Gasteiger partial charge on any atom is 0.333 e. The fourth-order valence-corrected chi connectivity index (χ4v) is 3.14. The third kappa shape index (κ3) is 3.04. The van der Waals surface area contributed by atoms with Gasteiger partial charge in [-0.15, -0.1) is 0 Å². The van der Waals surface area contributed by atoms with Crippen molar-refractivity contribution in [1.82, 2.24) is 15.4 Å². The van der Waals surface area contributed by atoms with Gasteiger partial charge in [-0.1, -0.05) is 18.6 Å². The first kappa shape index (κ1) is 14.8. The second-order valence-electron chi connectivity index (χ2n) is 6.00. The third-order valence-electron chi connectivity index (χ3n) is 4.35. The number of benzene rings is 1. The highest BCUT2D eigenvalue weighted by molar-refractivity contribution is 6.01. The van der Waals surface area contributed by atoms with E-state index in [1.54, 1.807) is 12.4 Å². The van der Waals surface area contributed by atoms with Crippen LogP contribution >= 0.6 is 0 Å². The molecule has 1 aliphatic rings. The van der Waals surface area contributed by atoms with Crippen molar-refractivity contribution in [2.75, 3.05) is 5.32 Å². The number of hydrogen-bond donors (Lipinski definition) is 2. The maximum atomic E-state index is 12.3. The first-order chi connectivity index (χ1) is 10.6. The molecule has 1 aliphatic heterocycles. The quantitative estimate of drug-likeness (QED) is 0.891. The first-order valence-electron chi connectivity index (χ1n) is 7.84. The summed E-state index contributed by atoms with van der Waals surface area (Å²) in [5.41, 5.74) is 3.80. The zero-order valence-electron chi connectivity index (χ0n) is 13.0. The lowest BCUT2D eigenvalue weighted by Gasteiger charge is -2.38. The fourth-order valence-electron chi connectivity index (χ4n) is 3.14. The summed E-state index contributed by atoms with van der Waals surface area (Å²) >= 11 is 0. The van der Waals surface area contributed by atoms with Crippen molar-refractivity contribution in [2.45, 2.75) is 45.2 Å². The second-order valence-corrected chi connectivity index (χ2v) is 6.00. The van der Waals surface area contributed by atoms with E-state index < -0.39 is 0 Å². The van der Waals surface area contributed by atoms with E-state index >= 15 is 0 Å². The van der Waals surface area contributed by atoms with Gasteiger partial charge >= 0.3 is 6.03 Å². The largest absolute Gasteiger partial charge is 0.333 e. The van der Waals surface area contributed by atoms with E-state index in [4.69, 9.17) is 0 Å². The van der Waals surface area contributed by atoms with Crippen LogP contribution in [0.15, 0.2) is 36.7 Å². The molecule has 2 heterocycles. The minimum Gasteiger partial charge on any atom is -0.306 e. The van der Waals surface area contributed by atoms with Crippen molar-refractivity contribution in [2.24, 2.45) is 0 Å². The smallest absolute Gasteiger partial charge is 0.306 e. The van der Waals surface area contributed by atoms with E-state index in [9.17, 15) is 4.79 Å². The minimum atomic E-state index is -0.190. The Bertz CT molecular complexity index is 657. The highest BCUT2D eigenvalue weighted by atomic mass is 16.2. The molecule has 5 nitrogen and oxygen atoms in total. The van der Waals surface area contributed by atoms with Crippen LogP contribution in [0.5, 0.6) is 0 Å². The van der Waals surface area contributed by atoms with Gasteiger partial charge < -0.3 is 5.32 Å². The molecule has 0 spiro atoms. The van der Waals surface area contributed by atoms with Crippen LogP contribution in [0.3, 0.4) is 0 Å². The van der Waals surface area contributed by atoms with Gasteiger partial charge in [0.25, 0.3) is 0 Å². The van der Waals surface area contributed by atoms with Crippen LogP contribution < -0.4 is 10.7 Å². The molecule has 1 aromatic carbocycles. The predicted octanol–water partition coefficient (Wildman–Crippen LogP) is 3.53. The lowest BCUT2D eigenvalue weighted by molar-refractivity contribution is 0.0625. The molecule has 1 fully saturated rings. The molecule has 2 aromatic rings. The number of hydrogen-bond acceptors (Lipinski definition) is 3. The number of anilines is 1. The zero-order chi connectivity index (χ0) is 15.5. The molecule has 0 radical (unpaired) electrons. The number of aromatic nitrogens is 1. The average Bonchev–Trinajstić information content (AvgIpc) is 2.51. The predicted molar refractivity (Wildman–Crippen MR) is 88.5 cm³/mol. The van der Waals surface area contributed by atoms with Gasteiger partial charge in [0.2, 0.25) is 0 Å². The van der Waals surface area contributed by atoms with Gasteiger partial charge in [-0.05, 0) is 38.8 Å². The lowest BCUT2D eigenvalue weighted by Crippen LogP contribution is -2.55. The Labute approximate surface area is 130 Å². The number of urea groups is 1. The van der Waals surface area contributed by atoms with Gasteiger partial charge in [0.15, 0.2) is 0 Å². The number of piperidine rings is 1. The molecule has 0 unspecified atom stereocenters. The van der Waals surface area contributed by atoms with E-state index in [-0.39, 0.29) is 6.03 Å². The van der Waals surface area contributed by atoms with Gasteiger partial charge in [0.05, 0.1) is 5.69 Å². The Balaban J connectivity index is 1.73. The number of pyridine rings is 1. The highest BCUT2D eigenvalue weighted by Gasteiger charge is 2.26. The Hall–Kier alpha value is -2.14. The van der Waals surface area contributed by atoms with E-state index in [1.807, 2.05) is 24.3 Å². The molecule has 116 valence electrons. The molecule has 1 aromatic heterocycles. The van der Waals surface area contributed by atoms with Crippen molar-refractivity contribution in [3.63, 3.8) is 0 Å². The van der Waals surface area contributed by atoms with Crippen LogP contribution in [0.4, 0.5) is 10.5 Å². The molecular weight excluding hydrogens is 276 g/mol. The van der Waals surface area contributed by atoms with E-state index in [2.05, 4.69) is 34.6 Å². The number of carbonyl (C=O) groups is 1. The van der Waals surface area contributed by atoms with Crippen LogP contribution in [-0.2, 0) is 0 Å². The Morgan fingerprint density at radius 1 is 1.23 bits per heavy atom. The number of nitrogens with one attached hydrogen (secondary N) is 2. The Kier molecular flexibility index (Phi) is 4.24. The first-order valence-corrected chi connectivity index (χ1v) is 7.84.